The second kappa shape index (κ2) is 7.00. The van der Waals surface area contributed by atoms with Gasteiger partial charge in [0.1, 0.15) is 11.5 Å². The van der Waals surface area contributed by atoms with Crippen LogP contribution in [0.4, 0.5) is 0 Å². The Hall–Kier alpha value is -2.41. The van der Waals surface area contributed by atoms with Gasteiger partial charge >= 0.3 is 5.97 Å². The van der Waals surface area contributed by atoms with Gasteiger partial charge in [0.2, 0.25) is 0 Å². The largest absolute Gasteiger partial charge is 0.496 e. The number of methoxy groups -OCH3 is 1. The van der Waals surface area contributed by atoms with E-state index in [1.807, 2.05) is 30.3 Å². The number of halogens is 1. The summed E-state index contributed by atoms with van der Waals surface area (Å²) in [7, 11) is 1.57. The summed E-state index contributed by atoms with van der Waals surface area (Å²) in [5.74, 6) is 0.444. The number of hydrogen-bond acceptors (Lipinski definition) is 4. The molecule has 3 rings (SSSR count). The topological polar surface area (TPSA) is 52.6 Å². The highest BCUT2D eigenvalue weighted by Gasteiger charge is 2.16. The second-order valence-electron chi connectivity index (χ2n) is 5.06. The first-order chi connectivity index (χ1) is 11.6. The summed E-state index contributed by atoms with van der Waals surface area (Å²) < 4.78 is 11.5. The van der Waals surface area contributed by atoms with Crippen molar-refractivity contribution < 1.29 is 19.1 Å². The van der Waals surface area contributed by atoms with Crippen LogP contribution in [0.25, 0.3) is 10.8 Å². The maximum Gasteiger partial charge on any atom is 0.343 e. The fourth-order valence-corrected chi connectivity index (χ4v) is 3.15. The van der Waals surface area contributed by atoms with E-state index < -0.39 is 5.97 Å². The minimum Gasteiger partial charge on any atom is -0.496 e. The van der Waals surface area contributed by atoms with E-state index in [9.17, 15) is 9.59 Å². The maximum atomic E-state index is 12.5. The number of carbonyl (C=O) groups excluding carboxylic acids is 2. The number of fused-ring (bicyclic) bond motifs is 1. The first-order valence-electron chi connectivity index (χ1n) is 7.16. The third-order valence-electron chi connectivity index (χ3n) is 3.62. The van der Waals surface area contributed by atoms with Crippen molar-refractivity contribution >= 4 is 45.6 Å². The quantitative estimate of drug-likeness (QED) is 0.264. The van der Waals surface area contributed by atoms with Gasteiger partial charge in [0.05, 0.1) is 21.8 Å². The van der Waals surface area contributed by atoms with E-state index in [4.69, 9.17) is 9.47 Å². The van der Waals surface area contributed by atoms with Crippen molar-refractivity contribution in [3.63, 3.8) is 0 Å². The Morgan fingerprint density at radius 1 is 1.08 bits per heavy atom. The molecule has 0 atom stereocenters. The fourth-order valence-electron chi connectivity index (χ4n) is 2.41. The van der Waals surface area contributed by atoms with Gasteiger partial charge in [-0.15, -0.1) is 0 Å². The highest BCUT2D eigenvalue weighted by molar-refractivity contribution is 14.1. The third kappa shape index (κ3) is 3.12. The Bertz CT molecular complexity index is 934. The first kappa shape index (κ1) is 16.4. The van der Waals surface area contributed by atoms with Crippen LogP contribution in [0.2, 0.25) is 0 Å². The van der Waals surface area contributed by atoms with E-state index in [0.717, 1.165) is 14.3 Å². The van der Waals surface area contributed by atoms with Crippen LogP contribution < -0.4 is 9.47 Å². The Morgan fingerprint density at radius 2 is 1.88 bits per heavy atom. The second-order valence-corrected chi connectivity index (χ2v) is 6.22. The molecule has 0 aliphatic rings. The highest BCUT2D eigenvalue weighted by Crippen LogP contribution is 2.30. The van der Waals surface area contributed by atoms with Crippen LogP contribution in [-0.4, -0.2) is 19.4 Å². The fraction of sp³-hybridized carbons (Fsp3) is 0.0526. The van der Waals surface area contributed by atoms with Crippen molar-refractivity contribution in [2.45, 2.75) is 0 Å². The van der Waals surface area contributed by atoms with Crippen molar-refractivity contribution in [3.05, 3.63) is 69.3 Å². The normalized spacial score (nSPS) is 10.4. The number of ether oxygens (including phenoxy) is 2. The molecule has 0 N–H and O–H groups in total. The number of hydrogen-bond donors (Lipinski definition) is 0. The molecule has 0 saturated carbocycles. The lowest BCUT2D eigenvalue weighted by atomic mass is 10.1. The van der Waals surface area contributed by atoms with Gasteiger partial charge in [0.15, 0.2) is 6.29 Å². The van der Waals surface area contributed by atoms with Gasteiger partial charge in [-0.05, 0) is 52.2 Å². The van der Waals surface area contributed by atoms with Crippen molar-refractivity contribution in [2.75, 3.05) is 7.11 Å². The van der Waals surface area contributed by atoms with Crippen LogP contribution in [0.15, 0.2) is 54.6 Å². The van der Waals surface area contributed by atoms with Crippen LogP contribution in [0.1, 0.15) is 20.7 Å². The number of esters is 1. The molecule has 0 aromatic heterocycles. The summed E-state index contributed by atoms with van der Waals surface area (Å²) in [6, 6.07) is 16.0. The lowest BCUT2D eigenvalue weighted by Crippen LogP contribution is -2.10. The van der Waals surface area contributed by atoms with Gasteiger partial charge in [0.25, 0.3) is 0 Å². The molecule has 0 spiro atoms. The molecule has 4 nitrogen and oxygen atoms in total. The third-order valence-corrected chi connectivity index (χ3v) is 4.46. The monoisotopic (exact) mass is 432 g/mol. The summed E-state index contributed by atoms with van der Waals surface area (Å²) in [5.41, 5.74) is 0.732. The van der Waals surface area contributed by atoms with E-state index in [1.54, 1.807) is 31.4 Å². The SMILES string of the molecule is COc1ccc(C(=O)Oc2c(C=O)ccc3ccccc23)cc1I. The molecule has 5 heteroatoms. The Morgan fingerprint density at radius 3 is 2.58 bits per heavy atom. The zero-order valence-electron chi connectivity index (χ0n) is 12.8. The Labute approximate surface area is 152 Å². The molecule has 0 fully saturated rings. The van der Waals surface area contributed by atoms with E-state index in [1.165, 1.54) is 0 Å². The van der Waals surface area contributed by atoms with Crippen molar-refractivity contribution in [3.8, 4) is 11.5 Å². The molecule has 0 radical (unpaired) electrons. The molecular formula is C19H13IO4. The lowest BCUT2D eigenvalue weighted by molar-refractivity contribution is 0.0736. The molecule has 0 saturated heterocycles. The van der Waals surface area contributed by atoms with E-state index >= 15 is 0 Å². The minimum absolute atomic E-state index is 0.277. The summed E-state index contributed by atoms with van der Waals surface area (Å²) in [6.45, 7) is 0. The van der Waals surface area contributed by atoms with E-state index in [-0.39, 0.29) is 5.75 Å². The molecule has 120 valence electrons. The zero-order chi connectivity index (χ0) is 17.1. The Kier molecular flexibility index (Phi) is 4.80. The van der Waals surface area contributed by atoms with Gasteiger partial charge in [0, 0.05) is 5.39 Å². The van der Waals surface area contributed by atoms with Gasteiger partial charge in [-0.1, -0.05) is 30.3 Å². The molecule has 0 unspecified atom stereocenters. The zero-order valence-corrected chi connectivity index (χ0v) is 14.9. The van der Waals surface area contributed by atoms with E-state index in [2.05, 4.69) is 22.6 Å². The molecule has 3 aromatic rings. The van der Waals surface area contributed by atoms with Gasteiger partial charge in [-0.3, -0.25) is 4.79 Å². The van der Waals surface area contributed by atoms with Gasteiger partial charge < -0.3 is 9.47 Å². The maximum absolute atomic E-state index is 12.5. The van der Waals surface area contributed by atoms with Gasteiger partial charge in [-0.2, -0.15) is 0 Å². The molecule has 0 aliphatic heterocycles. The highest BCUT2D eigenvalue weighted by atomic mass is 127. The summed E-state index contributed by atoms with van der Waals surface area (Å²) in [4.78, 5) is 23.8. The van der Waals surface area contributed by atoms with E-state index in [0.29, 0.717) is 23.2 Å². The molecule has 3 aromatic carbocycles. The molecular weight excluding hydrogens is 419 g/mol. The predicted octanol–water partition coefficient (Wildman–Crippen LogP) is 4.48. The average molecular weight is 432 g/mol. The van der Waals surface area contributed by atoms with Crippen LogP contribution in [0.5, 0.6) is 11.5 Å². The summed E-state index contributed by atoms with van der Waals surface area (Å²) in [5, 5.41) is 1.62. The first-order valence-corrected chi connectivity index (χ1v) is 8.24. The van der Waals surface area contributed by atoms with Crippen molar-refractivity contribution in [2.24, 2.45) is 0 Å². The number of benzene rings is 3. The molecule has 0 heterocycles. The van der Waals surface area contributed by atoms with Crippen LogP contribution in [0, 0.1) is 3.57 Å². The number of aldehydes is 1. The Balaban J connectivity index is 2.01. The molecule has 0 aliphatic carbocycles. The average Bonchev–Trinajstić information content (AvgIpc) is 2.61. The standard InChI is InChI=1S/C19H13IO4/c1-23-17-9-8-13(10-16(17)20)19(22)24-18-14(11-21)7-6-12-4-2-3-5-15(12)18/h2-11H,1H3. The predicted molar refractivity (Wildman–Crippen MR) is 100 cm³/mol. The van der Waals surface area contributed by atoms with Crippen LogP contribution in [0.3, 0.4) is 0 Å². The smallest absolute Gasteiger partial charge is 0.343 e. The minimum atomic E-state index is -0.518. The van der Waals surface area contributed by atoms with Crippen molar-refractivity contribution in [1.29, 1.82) is 0 Å². The number of rotatable bonds is 4. The molecule has 0 bridgehead atoms. The summed E-state index contributed by atoms with van der Waals surface area (Å²) >= 11 is 2.09. The van der Waals surface area contributed by atoms with Crippen LogP contribution in [-0.2, 0) is 0 Å². The molecule has 0 amide bonds. The summed E-state index contributed by atoms with van der Waals surface area (Å²) in [6.07, 6.45) is 0.687. The van der Waals surface area contributed by atoms with Crippen LogP contribution >= 0.6 is 22.6 Å². The van der Waals surface area contributed by atoms with Crippen molar-refractivity contribution in [1.82, 2.24) is 0 Å². The molecule has 24 heavy (non-hydrogen) atoms. The number of carbonyl (C=O) groups is 2. The lowest BCUT2D eigenvalue weighted by Gasteiger charge is -2.11. The van der Waals surface area contributed by atoms with Gasteiger partial charge in [-0.25, -0.2) is 4.79 Å².